The van der Waals surface area contributed by atoms with Gasteiger partial charge in [0, 0.05) is 43.5 Å². The van der Waals surface area contributed by atoms with Crippen molar-refractivity contribution in [1.82, 2.24) is 14.5 Å². The summed E-state index contributed by atoms with van der Waals surface area (Å²) in [7, 11) is 0. The molecule has 1 amide bonds. The van der Waals surface area contributed by atoms with E-state index in [4.69, 9.17) is 9.47 Å². The van der Waals surface area contributed by atoms with Gasteiger partial charge in [-0.3, -0.25) is 4.79 Å². The number of benzene rings is 1. The Morgan fingerprint density at radius 2 is 2.00 bits per heavy atom. The Bertz CT molecular complexity index is 791. The van der Waals surface area contributed by atoms with Crippen LogP contribution in [0.25, 0.3) is 0 Å². The molecule has 0 unspecified atom stereocenters. The summed E-state index contributed by atoms with van der Waals surface area (Å²) in [5.41, 5.74) is 0.671. The zero-order chi connectivity index (χ0) is 18.1. The van der Waals surface area contributed by atoms with Crippen molar-refractivity contribution in [2.45, 2.75) is 39.2 Å². The standard InChI is InChI=1S/C20H25N3O3/c1-14(2)19-21-7-10-23(19)12-15-5-8-22(9-6-15)20(24)16-3-4-17-18(11-16)26-13-25-17/h3-4,7,10-11,14-15H,5-6,8-9,12-13H2,1-2H3. The maximum atomic E-state index is 12.8. The summed E-state index contributed by atoms with van der Waals surface area (Å²) < 4.78 is 13.0. The third-order valence-corrected chi connectivity index (χ3v) is 5.24. The van der Waals surface area contributed by atoms with E-state index in [-0.39, 0.29) is 12.7 Å². The quantitative estimate of drug-likeness (QED) is 0.844. The topological polar surface area (TPSA) is 56.6 Å². The van der Waals surface area contributed by atoms with E-state index in [1.165, 1.54) is 0 Å². The Kier molecular flexibility index (Phi) is 4.57. The molecule has 0 bridgehead atoms. The number of hydrogen-bond acceptors (Lipinski definition) is 4. The number of amides is 1. The fraction of sp³-hybridized carbons (Fsp3) is 0.500. The first kappa shape index (κ1) is 16.9. The molecule has 1 saturated heterocycles. The molecule has 1 aromatic heterocycles. The van der Waals surface area contributed by atoms with Crippen molar-refractivity contribution in [3.8, 4) is 11.5 Å². The first-order valence-corrected chi connectivity index (χ1v) is 9.32. The summed E-state index contributed by atoms with van der Waals surface area (Å²) in [6.07, 6.45) is 5.99. The number of nitrogens with zero attached hydrogens (tertiary/aromatic N) is 3. The molecule has 1 aromatic carbocycles. The summed E-state index contributed by atoms with van der Waals surface area (Å²) in [6.45, 7) is 7.15. The lowest BCUT2D eigenvalue weighted by atomic mass is 9.96. The molecular weight excluding hydrogens is 330 g/mol. The van der Waals surface area contributed by atoms with Gasteiger partial charge in [0.25, 0.3) is 5.91 Å². The van der Waals surface area contributed by atoms with Crippen molar-refractivity contribution in [3.05, 3.63) is 42.0 Å². The van der Waals surface area contributed by atoms with Gasteiger partial charge >= 0.3 is 0 Å². The van der Waals surface area contributed by atoms with Gasteiger partial charge in [-0.25, -0.2) is 4.98 Å². The zero-order valence-electron chi connectivity index (χ0n) is 15.4. The maximum absolute atomic E-state index is 12.8. The number of imidazole rings is 1. The van der Waals surface area contributed by atoms with Crippen LogP contribution in [0.2, 0.25) is 0 Å². The Morgan fingerprint density at radius 1 is 1.23 bits per heavy atom. The van der Waals surface area contributed by atoms with Gasteiger partial charge < -0.3 is 18.9 Å². The molecule has 6 heteroatoms. The van der Waals surface area contributed by atoms with Crippen LogP contribution >= 0.6 is 0 Å². The summed E-state index contributed by atoms with van der Waals surface area (Å²) in [5, 5.41) is 0. The number of ether oxygens (including phenoxy) is 2. The fourth-order valence-corrected chi connectivity index (χ4v) is 3.78. The van der Waals surface area contributed by atoms with E-state index in [1.807, 2.05) is 23.2 Å². The highest BCUT2D eigenvalue weighted by atomic mass is 16.7. The van der Waals surface area contributed by atoms with Gasteiger partial charge in [0.1, 0.15) is 5.82 Å². The number of aromatic nitrogens is 2. The minimum atomic E-state index is 0.0762. The molecule has 0 aliphatic carbocycles. The number of fused-ring (bicyclic) bond motifs is 1. The average molecular weight is 355 g/mol. The van der Waals surface area contributed by atoms with Crippen molar-refractivity contribution < 1.29 is 14.3 Å². The van der Waals surface area contributed by atoms with Gasteiger partial charge in [-0.15, -0.1) is 0 Å². The van der Waals surface area contributed by atoms with Crippen LogP contribution in [-0.4, -0.2) is 40.2 Å². The monoisotopic (exact) mass is 355 g/mol. The first-order valence-electron chi connectivity index (χ1n) is 9.32. The number of piperidine rings is 1. The van der Waals surface area contributed by atoms with Crippen LogP contribution in [0.15, 0.2) is 30.6 Å². The molecule has 3 heterocycles. The van der Waals surface area contributed by atoms with E-state index in [0.29, 0.717) is 28.9 Å². The van der Waals surface area contributed by atoms with Crippen molar-refractivity contribution in [3.63, 3.8) is 0 Å². The van der Waals surface area contributed by atoms with Crippen LogP contribution in [0.1, 0.15) is 48.8 Å². The zero-order valence-corrected chi connectivity index (χ0v) is 15.4. The predicted octanol–water partition coefficient (Wildman–Crippen LogP) is 3.29. The van der Waals surface area contributed by atoms with Crippen LogP contribution in [0.3, 0.4) is 0 Å². The van der Waals surface area contributed by atoms with E-state index in [9.17, 15) is 4.79 Å². The number of likely N-dealkylation sites (tertiary alicyclic amines) is 1. The van der Waals surface area contributed by atoms with Crippen molar-refractivity contribution in [2.75, 3.05) is 19.9 Å². The second-order valence-corrected chi connectivity index (χ2v) is 7.40. The summed E-state index contributed by atoms with van der Waals surface area (Å²) >= 11 is 0. The molecule has 26 heavy (non-hydrogen) atoms. The number of carbonyl (C=O) groups is 1. The molecule has 2 aliphatic rings. The van der Waals surface area contributed by atoms with Gasteiger partial charge in [-0.05, 0) is 37.0 Å². The van der Waals surface area contributed by atoms with Crippen LogP contribution in [-0.2, 0) is 6.54 Å². The first-order chi connectivity index (χ1) is 12.6. The minimum absolute atomic E-state index is 0.0762. The second kappa shape index (κ2) is 7.02. The van der Waals surface area contributed by atoms with Gasteiger partial charge in [-0.1, -0.05) is 13.8 Å². The normalized spacial score (nSPS) is 17.1. The van der Waals surface area contributed by atoms with Gasteiger partial charge in [0.15, 0.2) is 11.5 Å². The summed E-state index contributed by atoms with van der Waals surface area (Å²) in [6, 6.07) is 5.42. The molecule has 0 spiro atoms. The van der Waals surface area contributed by atoms with Gasteiger partial charge in [0.2, 0.25) is 6.79 Å². The van der Waals surface area contributed by atoms with Gasteiger partial charge in [-0.2, -0.15) is 0 Å². The largest absolute Gasteiger partial charge is 0.454 e. The van der Waals surface area contributed by atoms with Crippen LogP contribution in [0, 0.1) is 5.92 Å². The molecular formula is C20H25N3O3. The molecule has 2 aromatic rings. The van der Waals surface area contributed by atoms with E-state index in [1.54, 1.807) is 6.07 Å². The highest BCUT2D eigenvalue weighted by Gasteiger charge is 2.26. The molecule has 0 N–H and O–H groups in total. The molecule has 2 aliphatic heterocycles. The third-order valence-electron chi connectivity index (χ3n) is 5.24. The lowest BCUT2D eigenvalue weighted by molar-refractivity contribution is 0.0682. The second-order valence-electron chi connectivity index (χ2n) is 7.40. The maximum Gasteiger partial charge on any atom is 0.253 e. The average Bonchev–Trinajstić information content (AvgIpc) is 3.30. The minimum Gasteiger partial charge on any atom is -0.454 e. The van der Waals surface area contributed by atoms with E-state index in [0.717, 1.165) is 38.3 Å². The highest BCUT2D eigenvalue weighted by molar-refractivity contribution is 5.95. The highest BCUT2D eigenvalue weighted by Crippen LogP contribution is 2.33. The summed E-state index contributed by atoms with van der Waals surface area (Å²) in [4.78, 5) is 19.2. The lowest BCUT2D eigenvalue weighted by Gasteiger charge is -2.32. The lowest BCUT2D eigenvalue weighted by Crippen LogP contribution is -2.39. The van der Waals surface area contributed by atoms with Crippen LogP contribution in [0.5, 0.6) is 11.5 Å². The van der Waals surface area contributed by atoms with Gasteiger partial charge in [0.05, 0.1) is 0 Å². The van der Waals surface area contributed by atoms with E-state index < -0.39 is 0 Å². The molecule has 138 valence electrons. The fourth-order valence-electron chi connectivity index (χ4n) is 3.78. The van der Waals surface area contributed by atoms with Crippen molar-refractivity contribution in [1.29, 1.82) is 0 Å². The van der Waals surface area contributed by atoms with Crippen molar-refractivity contribution >= 4 is 5.91 Å². The molecule has 6 nitrogen and oxygen atoms in total. The SMILES string of the molecule is CC(C)c1nccn1CC1CCN(C(=O)c2ccc3c(c2)OCO3)CC1. The Balaban J connectivity index is 1.36. The Labute approximate surface area is 153 Å². The summed E-state index contributed by atoms with van der Waals surface area (Å²) in [5.74, 6) is 3.60. The van der Waals surface area contributed by atoms with E-state index >= 15 is 0 Å². The molecule has 0 radical (unpaired) electrons. The molecule has 1 fully saturated rings. The van der Waals surface area contributed by atoms with E-state index in [2.05, 4.69) is 29.6 Å². The molecule has 0 atom stereocenters. The number of hydrogen-bond donors (Lipinski definition) is 0. The number of carbonyl (C=O) groups excluding carboxylic acids is 1. The molecule has 4 rings (SSSR count). The smallest absolute Gasteiger partial charge is 0.253 e. The molecule has 0 saturated carbocycles. The number of rotatable bonds is 4. The predicted molar refractivity (Wildman–Crippen MR) is 97.5 cm³/mol. The Hall–Kier alpha value is -2.50. The van der Waals surface area contributed by atoms with Crippen LogP contribution in [0.4, 0.5) is 0 Å². The third kappa shape index (κ3) is 3.28. The Morgan fingerprint density at radius 3 is 2.77 bits per heavy atom. The van der Waals surface area contributed by atoms with Crippen molar-refractivity contribution in [2.24, 2.45) is 5.92 Å². The van der Waals surface area contributed by atoms with Crippen LogP contribution < -0.4 is 9.47 Å².